The molecule has 3 N–H and O–H groups in total. The van der Waals surface area contributed by atoms with Crippen molar-refractivity contribution in [1.82, 2.24) is 9.97 Å². The van der Waals surface area contributed by atoms with E-state index in [0.717, 1.165) is 32.0 Å². The van der Waals surface area contributed by atoms with E-state index in [9.17, 15) is 15.0 Å². The lowest BCUT2D eigenvalue weighted by Crippen LogP contribution is -2.00. The Morgan fingerprint density at radius 2 is 1.93 bits per heavy atom. The number of carboxylic acid groups (broad SMARTS) is 1. The van der Waals surface area contributed by atoms with E-state index >= 15 is 0 Å². The maximum atomic E-state index is 11.3. The Kier molecular flexibility index (Phi) is 5.24. The second-order valence-corrected chi connectivity index (χ2v) is 7.76. The first-order valence-corrected chi connectivity index (χ1v) is 10.1. The number of rotatable bonds is 6. The van der Waals surface area contributed by atoms with E-state index in [1.165, 1.54) is 18.5 Å². The summed E-state index contributed by atoms with van der Waals surface area (Å²) in [5, 5.41) is 23.1. The number of thiophene rings is 1. The van der Waals surface area contributed by atoms with Crippen LogP contribution >= 0.6 is 11.3 Å². The van der Waals surface area contributed by atoms with Gasteiger partial charge >= 0.3 is 5.97 Å². The molecule has 0 aliphatic rings. The van der Waals surface area contributed by atoms with Crippen LogP contribution in [-0.4, -0.2) is 32.8 Å². The molecule has 0 atom stereocenters. The van der Waals surface area contributed by atoms with Gasteiger partial charge in [0.05, 0.1) is 12.0 Å². The number of nitrogens with one attached hydrogen (secondary N) is 1. The molecule has 0 fully saturated rings. The Hall–Kier alpha value is -3.65. The molecule has 0 saturated carbocycles. The smallest absolute Gasteiger partial charge is 0.339 e. The van der Waals surface area contributed by atoms with Crippen molar-refractivity contribution < 1.29 is 19.7 Å². The average molecular weight is 421 g/mol. The molecule has 8 heteroatoms. The molecule has 0 spiro atoms. The fourth-order valence-corrected chi connectivity index (χ4v) is 4.31. The summed E-state index contributed by atoms with van der Waals surface area (Å²) >= 11 is 1.57. The molecule has 4 rings (SSSR count). The topological polar surface area (TPSA) is 105 Å². The van der Waals surface area contributed by atoms with Crippen LogP contribution in [0.15, 0.2) is 48.8 Å². The van der Waals surface area contributed by atoms with E-state index < -0.39 is 5.97 Å². The van der Waals surface area contributed by atoms with Gasteiger partial charge < -0.3 is 20.3 Å². The van der Waals surface area contributed by atoms with Gasteiger partial charge in [0.2, 0.25) is 0 Å². The number of aromatic nitrogens is 2. The summed E-state index contributed by atoms with van der Waals surface area (Å²) in [5.74, 6) is -0.124. The maximum absolute atomic E-state index is 11.3. The fourth-order valence-electron chi connectivity index (χ4n) is 3.29. The normalized spacial score (nSPS) is 10.9. The molecule has 30 heavy (non-hydrogen) atoms. The second-order valence-electron chi connectivity index (χ2n) is 6.56. The summed E-state index contributed by atoms with van der Waals surface area (Å²) in [5.41, 5.74) is 2.35. The molecule has 0 radical (unpaired) electrons. The molecule has 152 valence electrons. The molecular weight excluding hydrogens is 402 g/mol. The van der Waals surface area contributed by atoms with Gasteiger partial charge in [0.15, 0.2) is 0 Å². The summed E-state index contributed by atoms with van der Waals surface area (Å²) in [6.45, 7) is 4.58. The zero-order valence-electron chi connectivity index (χ0n) is 16.3. The van der Waals surface area contributed by atoms with Gasteiger partial charge in [0.1, 0.15) is 34.0 Å². The highest BCUT2D eigenvalue weighted by molar-refractivity contribution is 7.19. The molecule has 2 aromatic carbocycles. The van der Waals surface area contributed by atoms with Crippen molar-refractivity contribution in [3.8, 4) is 22.6 Å². The maximum Gasteiger partial charge on any atom is 0.339 e. The van der Waals surface area contributed by atoms with E-state index in [1.54, 1.807) is 17.4 Å². The number of nitrogens with zero attached hydrogens (tertiary/aromatic N) is 2. The second kappa shape index (κ2) is 8.00. The number of fused-ring (bicyclic) bond motifs is 1. The number of hydrogen-bond donors (Lipinski definition) is 3. The number of ether oxygens (including phenoxy) is 1. The van der Waals surface area contributed by atoms with Crippen LogP contribution in [0.3, 0.4) is 0 Å². The first-order chi connectivity index (χ1) is 14.5. The van der Waals surface area contributed by atoms with Crippen molar-refractivity contribution in [2.75, 3.05) is 11.9 Å². The van der Waals surface area contributed by atoms with Crippen LogP contribution in [0.5, 0.6) is 11.5 Å². The average Bonchev–Trinajstić information content (AvgIpc) is 3.07. The first-order valence-electron chi connectivity index (χ1n) is 9.28. The summed E-state index contributed by atoms with van der Waals surface area (Å²) in [7, 11) is 0. The van der Waals surface area contributed by atoms with Crippen LogP contribution in [0.25, 0.3) is 21.3 Å². The van der Waals surface area contributed by atoms with Crippen molar-refractivity contribution in [2.24, 2.45) is 0 Å². The number of aromatic hydroxyl groups is 1. The monoisotopic (exact) mass is 421 g/mol. The summed E-state index contributed by atoms with van der Waals surface area (Å²) in [6, 6.07) is 12.2. The lowest BCUT2D eigenvalue weighted by atomic mass is 10.0. The van der Waals surface area contributed by atoms with Gasteiger partial charge in [0, 0.05) is 16.1 Å². The van der Waals surface area contributed by atoms with Gasteiger partial charge in [0.25, 0.3) is 0 Å². The molecule has 0 bridgehead atoms. The Balaban J connectivity index is 1.80. The minimum atomic E-state index is -1.20. The molecule has 0 amide bonds. The Labute approximate surface area is 176 Å². The first kappa shape index (κ1) is 19.7. The third-order valence-electron chi connectivity index (χ3n) is 4.61. The molecule has 2 aromatic heterocycles. The van der Waals surface area contributed by atoms with Crippen LogP contribution in [0.2, 0.25) is 0 Å². The van der Waals surface area contributed by atoms with Crippen molar-refractivity contribution in [2.45, 2.75) is 13.8 Å². The number of aromatic carboxylic acids is 1. The van der Waals surface area contributed by atoms with Crippen LogP contribution in [-0.2, 0) is 0 Å². The summed E-state index contributed by atoms with van der Waals surface area (Å²) in [4.78, 5) is 22.1. The molecule has 0 unspecified atom stereocenters. The number of benzene rings is 2. The number of aryl methyl sites for hydroxylation is 1. The number of phenols is 1. The van der Waals surface area contributed by atoms with Crippen molar-refractivity contribution in [3.63, 3.8) is 0 Å². The molecule has 7 nitrogen and oxygen atoms in total. The van der Waals surface area contributed by atoms with Crippen LogP contribution in [0, 0.1) is 6.92 Å². The lowest BCUT2D eigenvalue weighted by molar-refractivity contribution is 0.0694. The van der Waals surface area contributed by atoms with Crippen LogP contribution in [0.4, 0.5) is 11.5 Å². The number of anilines is 2. The third kappa shape index (κ3) is 3.65. The zero-order valence-corrected chi connectivity index (χ0v) is 17.2. The standard InChI is InChI=1S/C22H19N3O4S/c1-3-29-15-7-4-13(5-8-15)18-12(2)30-21-19(18)20(23-11-24-21)25-14-6-9-17(26)16(10-14)22(27)28/h4-11,26H,3H2,1-2H3,(H,27,28)(H,23,24,25). The van der Waals surface area contributed by atoms with Gasteiger partial charge in [-0.15, -0.1) is 11.3 Å². The molecule has 4 aromatic rings. The van der Waals surface area contributed by atoms with Crippen molar-refractivity contribution in [3.05, 3.63) is 59.2 Å². The predicted molar refractivity (Wildman–Crippen MR) is 117 cm³/mol. The van der Waals surface area contributed by atoms with E-state index in [1.807, 2.05) is 38.1 Å². The molecule has 2 heterocycles. The zero-order chi connectivity index (χ0) is 21.3. The van der Waals surface area contributed by atoms with E-state index in [2.05, 4.69) is 15.3 Å². The third-order valence-corrected chi connectivity index (χ3v) is 5.62. The van der Waals surface area contributed by atoms with E-state index in [-0.39, 0.29) is 11.3 Å². The van der Waals surface area contributed by atoms with Crippen molar-refractivity contribution >= 4 is 39.0 Å². The largest absolute Gasteiger partial charge is 0.507 e. The Bertz CT molecular complexity index is 1240. The van der Waals surface area contributed by atoms with Gasteiger partial charge in [-0.1, -0.05) is 12.1 Å². The van der Waals surface area contributed by atoms with Gasteiger partial charge in [-0.25, -0.2) is 14.8 Å². The summed E-state index contributed by atoms with van der Waals surface area (Å²) in [6.07, 6.45) is 1.47. The van der Waals surface area contributed by atoms with Crippen molar-refractivity contribution in [1.29, 1.82) is 0 Å². The number of hydrogen-bond acceptors (Lipinski definition) is 7. The predicted octanol–water partition coefficient (Wildman–Crippen LogP) is 5.21. The molecular formula is C22H19N3O4S. The lowest BCUT2D eigenvalue weighted by Gasteiger charge is -2.11. The fraction of sp³-hybridized carbons (Fsp3) is 0.136. The summed E-state index contributed by atoms with van der Waals surface area (Å²) < 4.78 is 5.54. The van der Waals surface area contributed by atoms with E-state index in [4.69, 9.17) is 4.74 Å². The van der Waals surface area contributed by atoms with Gasteiger partial charge in [-0.2, -0.15) is 0 Å². The van der Waals surface area contributed by atoms with Gasteiger partial charge in [-0.3, -0.25) is 0 Å². The number of carbonyl (C=O) groups is 1. The number of carboxylic acids is 1. The molecule has 0 aliphatic heterocycles. The van der Waals surface area contributed by atoms with E-state index in [0.29, 0.717) is 18.1 Å². The minimum absolute atomic E-state index is 0.182. The highest BCUT2D eigenvalue weighted by Gasteiger charge is 2.18. The SMILES string of the molecule is CCOc1ccc(-c2c(C)sc3ncnc(Nc4ccc(O)c(C(=O)O)c4)c23)cc1. The highest BCUT2D eigenvalue weighted by Crippen LogP contribution is 2.41. The van der Waals surface area contributed by atoms with Gasteiger partial charge in [-0.05, 0) is 49.7 Å². The van der Waals surface area contributed by atoms with Crippen LogP contribution in [0.1, 0.15) is 22.2 Å². The Morgan fingerprint density at radius 3 is 2.63 bits per heavy atom. The highest BCUT2D eigenvalue weighted by atomic mass is 32.1. The minimum Gasteiger partial charge on any atom is -0.507 e. The Morgan fingerprint density at radius 1 is 1.17 bits per heavy atom. The molecule has 0 aliphatic carbocycles. The van der Waals surface area contributed by atoms with Crippen LogP contribution < -0.4 is 10.1 Å². The molecule has 0 saturated heterocycles. The quantitative estimate of drug-likeness (QED) is 0.367.